The number of isocyanates is 1. The molecule has 1 atom stereocenters. The molecular weight excluding hydrogens is 208 g/mol. The van der Waals surface area contributed by atoms with Crippen molar-refractivity contribution in [3.63, 3.8) is 0 Å². The van der Waals surface area contributed by atoms with Crippen molar-refractivity contribution in [2.24, 2.45) is 10.7 Å². The van der Waals surface area contributed by atoms with Gasteiger partial charge in [-0.05, 0) is 5.56 Å². The Morgan fingerprint density at radius 1 is 1.50 bits per heavy atom. The minimum absolute atomic E-state index is 0.0930. The average Bonchev–Trinajstić information content (AvgIpc) is 2.29. The third-order valence-electron chi connectivity index (χ3n) is 2.10. The number of carbonyl (C=O) groups is 1. The predicted molar refractivity (Wildman–Crippen MR) is 57.2 cm³/mol. The van der Waals surface area contributed by atoms with Gasteiger partial charge in [0.15, 0.2) is 0 Å². The Hall–Kier alpha value is -1.97. The normalized spacial score (nSPS) is 13.4. The molecule has 0 amide bonds. The van der Waals surface area contributed by atoms with Crippen molar-refractivity contribution < 1.29 is 14.3 Å². The lowest BCUT2D eigenvalue weighted by Crippen LogP contribution is -2.48. The predicted octanol–water partition coefficient (Wildman–Crippen LogP) is 0.393. The first kappa shape index (κ1) is 12.1. The summed E-state index contributed by atoms with van der Waals surface area (Å²) in [4.78, 5) is 25.0. The van der Waals surface area contributed by atoms with E-state index >= 15 is 0 Å². The minimum Gasteiger partial charge on any atom is -0.466 e. The van der Waals surface area contributed by atoms with Crippen LogP contribution in [0.25, 0.3) is 0 Å². The van der Waals surface area contributed by atoms with Gasteiger partial charge >= 0.3 is 5.97 Å². The fourth-order valence-electron chi connectivity index (χ4n) is 1.32. The Bertz CT molecular complexity index is 412. The number of hydrogen-bond donors (Lipinski definition) is 1. The summed E-state index contributed by atoms with van der Waals surface area (Å²) in [5, 5.41) is 0. The topological polar surface area (TPSA) is 81.8 Å². The van der Waals surface area contributed by atoms with Gasteiger partial charge in [-0.1, -0.05) is 30.3 Å². The van der Waals surface area contributed by atoms with Crippen LogP contribution in [0, 0.1) is 0 Å². The third-order valence-corrected chi connectivity index (χ3v) is 2.10. The lowest BCUT2D eigenvalue weighted by atomic mass is 10.0. The number of hydrogen-bond acceptors (Lipinski definition) is 5. The molecule has 0 aliphatic rings. The van der Waals surface area contributed by atoms with Crippen LogP contribution >= 0.6 is 0 Å². The zero-order valence-corrected chi connectivity index (χ0v) is 8.84. The zero-order valence-electron chi connectivity index (χ0n) is 8.84. The van der Waals surface area contributed by atoms with Crippen LogP contribution in [0.2, 0.25) is 0 Å². The van der Waals surface area contributed by atoms with Crippen LogP contribution in [0.15, 0.2) is 35.3 Å². The highest BCUT2D eigenvalue weighted by atomic mass is 16.5. The molecule has 1 aromatic rings. The van der Waals surface area contributed by atoms with Crippen LogP contribution in [0.4, 0.5) is 0 Å². The van der Waals surface area contributed by atoms with Crippen molar-refractivity contribution in [2.45, 2.75) is 12.1 Å². The Kier molecular flexibility index (Phi) is 3.94. The molecule has 0 heterocycles. The van der Waals surface area contributed by atoms with Crippen molar-refractivity contribution in [2.75, 3.05) is 7.11 Å². The van der Waals surface area contributed by atoms with Crippen molar-refractivity contribution in [1.82, 2.24) is 0 Å². The molecule has 16 heavy (non-hydrogen) atoms. The number of benzene rings is 1. The maximum absolute atomic E-state index is 11.4. The number of rotatable bonds is 4. The maximum atomic E-state index is 11.4. The lowest BCUT2D eigenvalue weighted by Gasteiger charge is -2.19. The zero-order chi connectivity index (χ0) is 12.0. The second kappa shape index (κ2) is 5.21. The Balaban J connectivity index is 2.96. The van der Waals surface area contributed by atoms with Gasteiger partial charge in [0, 0.05) is 6.42 Å². The van der Waals surface area contributed by atoms with Crippen molar-refractivity contribution in [1.29, 1.82) is 0 Å². The van der Waals surface area contributed by atoms with Gasteiger partial charge in [0.2, 0.25) is 11.7 Å². The van der Waals surface area contributed by atoms with Gasteiger partial charge in [0.05, 0.1) is 7.11 Å². The number of carbonyl (C=O) groups excluding carboxylic acids is 2. The molecule has 1 aromatic carbocycles. The monoisotopic (exact) mass is 220 g/mol. The molecule has 2 N–H and O–H groups in total. The standard InChI is InChI=1S/C11H12N2O3/c1-16-10(15)11(12,13-8-14)7-9-5-3-2-4-6-9/h2-6H,7,12H2,1H3/t11-/m1/s1. The lowest BCUT2D eigenvalue weighted by molar-refractivity contribution is -0.146. The van der Waals surface area contributed by atoms with Crippen LogP contribution in [0.1, 0.15) is 5.56 Å². The first-order valence-corrected chi connectivity index (χ1v) is 4.62. The molecule has 0 spiro atoms. The molecule has 0 aromatic heterocycles. The number of nitrogens with two attached hydrogens (primary N) is 1. The van der Waals surface area contributed by atoms with E-state index in [4.69, 9.17) is 5.73 Å². The van der Waals surface area contributed by atoms with E-state index in [1.165, 1.54) is 13.2 Å². The number of ether oxygens (including phenoxy) is 1. The van der Waals surface area contributed by atoms with Gasteiger partial charge in [-0.2, -0.15) is 4.99 Å². The quantitative estimate of drug-likeness (QED) is 0.452. The Morgan fingerprint density at radius 2 is 2.12 bits per heavy atom. The minimum atomic E-state index is -1.70. The van der Waals surface area contributed by atoms with E-state index in [2.05, 4.69) is 9.73 Å². The molecule has 0 fully saturated rings. The van der Waals surface area contributed by atoms with Crippen LogP contribution < -0.4 is 5.73 Å². The highest BCUT2D eigenvalue weighted by molar-refractivity contribution is 5.81. The summed E-state index contributed by atoms with van der Waals surface area (Å²) >= 11 is 0. The first-order valence-electron chi connectivity index (χ1n) is 4.62. The van der Waals surface area contributed by atoms with Gasteiger partial charge in [0.25, 0.3) is 0 Å². The Morgan fingerprint density at radius 3 is 2.62 bits per heavy atom. The van der Waals surface area contributed by atoms with E-state index in [-0.39, 0.29) is 6.42 Å². The molecule has 84 valence electrons. The molecule has 0 unspecified atom stereocenters. The molecule has 0 radical (unpaired) electrons. The number of esters is 1. The molecule has 0 aliphatic carbocycles. The number of nitrogens with zero attached hydrogens (tertiary/aromatic N) is 1. The number of methoxy groups -OCH3 is 1. The molecule has 5 nitrogen and oxygen atoms in total. The second-order valence-corrected chi connectivity index (χ2v) is 3.28. The van der Waals surface area contributed by atoms with Crippen molar-refractivity contribution >= 4 is 12.0 Å². The summed E-state index contributed by atoms with van der Waals surface area (Å²) in [7, 11) is 1.19. The van der Waals surface area contributed by atoms with Crippen molar-refractivity contribution in [3.8, 4) is 0 Å². The fraction of sp³-hybridized carbons (Fsp3) is 0.273. The smallest absolute Gasteiger partial charge is 0.349 e. The molecule has 1 rings (SSSR count). The first-order chi connectivity index (χ1) is 7.62. The highest BCUT2D eigenvalue weighted by Crippen LogP contribution is 2.13. The highest BCUT2D eigenvalue weighted by Gasteiger charge is 2.35. The van der Waals surface area contributed by atoms with E-state index in [1.807, 2.05) is 6.07 Å². The molecule has 0 saturated heterocycles. The third kappa shape index (κ3) is 2.76. The van der Waals surface area contributed by atoms with E-state index < -0.39 is 11.6 Å². The van der Waals surface area contributed by atoms with Crippen LogP contribution in [0.3, 0.4) is 0 Å². The fourth-order valence-corrected chi connectivity index (χ4v) is 1.32. The van der Waals surface area contributed by atoms with E-state index in [0.717, 1.165) is 5.56 Å². The largest absolute Gasteiger partial charge is 0.466 e. The van der Waals surface area contributed by atoms with Gasteiger partial charge in [-0.15, -0.1) is 0 Å². The molecule has 5 heteroatoms. The molecule has 0 aliphatic heterocycles. The summed E-state index contributed by atoms with van der Waals surface area (Å²) < 4.78 is 4.50. The van der Waals surface area contributed by atoms with Gasteiger partial charge in [-0.3, -0.25) is 5.73 Å². The summed E-state index contributed by atoms with van der Waals surface area (Å²) in [6.07, 6.45) is 1.39. The van der Waals surface area contributed by atoms with E-state index in [1.54, 1.807) is 24.3 Å². The summed E-state index contributed by atoms with van der Waals surface area (Å²) in [5.41, 5.74) is 4.78. The van der Waals surface area contributed by atoms with E-state index in [9.17, 15) is 9.59 Å². The molecular formula is C11H12N2O3. The van der Waals surface area contributed by atoms with Crippen LogP contribution in [0.5, 0.6) is 0 Å². The van der Waals surface area contributed by atoms with Crippen LogP contribution in [-0.2, 0) is 20.7 Å². The van der Waals surface area contributed by atoms with Crippen molar-refractivity contribution in [3.05, 3.63) is 35.9 Å². The van der Waals surface area contributed by atoms with Gasteiger partial charge < -0.3 is 4.74 Å². The second-order valence-electron chi connectivity index (χ2n) is 3.28. The summed E-state index contributed by atoms with van der Waals surface area (Å²) in [6, 6.07) is 9.01. The van der Waals surface area contributed by atoms with Gasteiger partial charge in [0.1, 0.15) is 0 Å². The van der Waals surface area contributed by atoms with Crippen LogP contribution in [-0.4, -0.2) is 24.8 Å². The van der Waals surface area contributed by atoms with E-state index in [0.29, 0.717) is 0 Å². The van der Waals surface area contributed by atoms with Gasteiger partial charge in [-0.25, -0.2) is 9.59 Å². The molecule has 0 bridgehead atoms. The summed E-state index contributed by atoms with van der Waals surface area (Å²) in [6.45, 7) is 0. The summed E-state index contributed by atoms with van der Waals surface area (Å²) in [5.74, 6) is -0.764. The maximum Gasteiger partial charge on any atom is 0.349 e. The SMILES string of the molecule is COC(=O)[C@@](N)(Cc1ccccc1)N=C=O. The average molecular weight is 220 g/mol. The molecule has 0 saturated carbocycles. The Labute approximate surface area is 92.9 Å². The number of aliphatic imine (C=N–C) groups is 1.